The average molecular weight is 285 g/mol. The predicted octanol–water partition coefficient (Wildman–Crippen LogP) is 4.88. The van der Waals surface area contributed by atoms with Crippen LogP contribution >= 0.6 is 0 Å². The molecule has 0 aliphatic rings. The Morgan fingerprint density at radius 1 is 0.682 bits per heavy atom. The normalized spacial score (nSPS) is 10.7. The van der Waals surface area contributed by atoms with Gasteiger partial charge in [-0.15, -0.1) is 0 Å². The number of pyridine rings is 1. The van der Waals surface area contributed by atoms with Gasteiger partial charge in [0.1, 0.15) is 0 Å². The molecule has 106 valence electrons. The number of benzene rings is 2. The summed E-state index contributed by atoms with van der Waals surface area (Å²) < 4.78 is 0. The Morgan fingerprint density at radius 3 is 2.36 bits per heavy atom. The molecule has 5 aromatic rings. The van der Waals surface area contributed by atoms with Gasteiger partial charge in [-0.1, -0.05) is 36.4 Å². The maximum Gasteiger partial charge on any atom is 0.0651 e. The van der Waals surface area contributed by atoms with Crippen molar-refractivity contribution in [3.8, 4) is 0 Å². The maximum atomic E-state index is 4.08. The van der Waals surface area contributed by atoms with E-state index in [0.29, 0.717) is 0 Å². The van der Waals surface area contributed by atoms with Crippen molar-refractivity contribution in [3.05, 3.63) is 79.3 Å². The summed E-state index contributed by atoms with van der Waals surface area (Å²) in [5.41, 5.74) is 3.48. The summed E-state index contributed by atoms with van der Waals surface area (Å²) in [6.07, 6.45) is 5.63. The zero-order valence-corrected chi connectivity index (χ0v) is 12.0. The van der Waals surface area contributed by atoms with Crippen molar-refractivity contribution in [3.63, 3.8) is 0 Å². The molecule has 5 rings (SSSR count). The number of hydrogen-bond donors (Lipinski definition) is 2. The second kappa shape index (κ2) is 5.37. The first kappa shape index (κ1) is 12.7. The van der Waals surface area contributed by atoms with Crippen LogP contribution in [-0.2, 0) is 0 Å². The smallest absolute Gasteiger partial charge is 0.0651 e. The highest BCUT2D eigenvalue weighted by Crippen LogP contribution is 2.23. The topological polar surface area (TPSA) is 44.5 Å². The lowest BCUT2D eigenvalue weighted by molar-refractivity contribution is 1.35. The van der Waals surface area contributed by atoms with Crippen LogP contribution in [0, 0.1) is 0 Å². The van der Waals surface area contributed by atoms with Crippen molar-refractivity contribution in [2.24, 2.45) is 0 Å². The summed E-state index contributed by atoms with van der Waals surface area (Å²) in [7, 11) is 0. The molecule has 0 saturated carbocycles. The predicted molar refractivity (Wildman–Crippen MR) is 91.9 cm³/mol. The fourth-order valence-electron chi connectivity index (χ4n) is 2.70. The van der Waals surface area contributed by atoms with Gasteiger partial charge in [0.25, 0.3) is 0 Å². The first-order valence-corrected chi connectivity index (χ1v) is 7.24. The molecule has 0 saturated heterocycles. The van der Waals surface area contributed by atoms with Crippen molar-refractivity contribution in [2.45, 2.75) is 0 Å². The molecule has 0 fully saturated rings. The molecule has 0 atom stereocenters. The minimum absolute atomic E-state index is 1.10. The first-order valence-electron chi connectivity index (χ1n) is 7.24. The number of para-hydroxylation sites is 2. The lowest BCUT2D eigenvalue weighted by Gasteiger charge is -1.87. The van der Waals surface area contributed by atoms with Gasteiger partial charge in [-0.2, -0.15) is 0 Å². The molecular weight excluding hydrogens is 270 g/mol. The molecule has 2 N–H and O–H groups in total. The maximum absolute atomic E-state index is 4.08. The van der Waals surface area contributed by atoms with Crippen molar-refractivity contribution in [1.82, 2.24) is 15.0 Å². The number of aromatic nitrogens is 3. The highest BCUT2D eigenvalue weighted by molar-refractivity contribution is 6.06. The number of rotatable bonds is 0. The minimum atomic E-state index is 1.10. The minimum Gasteiger partial charge on any atom is -0.361 e. The molecule has 3 heterocycles. The van der Waals surface area contributed by atoms with Crippen LogP contribution in [-0.4, -0.2) is 15.0 Å². The quantitative estimate of drug-likeness (QED) is 0.418. The van der Waals surface area contributed by atoms with Gasteiger partial charge in [-0.3, -0.25) is 4.98 Å². The Hall–Kier alpha value is -3.07. The van der Waals surface area contributed by atoms with Crippen LogP contribution < -0.4 is 0 Å². The molecule has 2 aromatic carbocycles. The van der Waals surface area contributed by atoms with Crippen molar-refractivity contribution in [2.75, 3.05) is 0 Å². The molecule has 0 radical (unpaired) electrons. The highest BCUT2D eigenvalue weighted by Gasteiger charge is 2.00. The van der Waals surface area contributed by atoms with Crippen LogP contribution in [0.5, 0.6) is 0 Å². The molecule has 3 aromatic heterocycles. The third kappa shape index (κ3) is 2.23. The summed E-state index contributed by atoms with van der Waals surface area (Å²) in [4.78, 5) is 10.5. The Balaban J connectivity index is 0.000000122. The van der Waals surface area contributed by atoms with Gasteiger partial charge < -0.3 is 9.97 Å². The molecule has 22 heavy (non-hydrogen) atoms. The first-order chi connectivity index (χ1) is 10.9. The molecule has 0 aliphatic heterocycles. The second-order valence-electron chi connectivity index (χ2n) is 5.16. The number of H-pyrrole nitrogens is 2. The Labute approximate surface area is 127 Å². The number of nitrogens with one attached hydrogen (secondary N) is 2. The zero-order chi connectivity index (χ0) is 14.8. The lowest BCUT2D eigenvalue weighted by atomic mass is 10.2. The van der Waals surface area contributed by atoms with E-state index in [-0.39, 0.29) is 0 Å². The van der Waals surface area contributed by atoms with E-state index < -0.39 is 0 Å². The molecule has 0 amide bonds. The van der Waals surface area contributed by atoms with Crippen molar-refractivity contribution < 1.29 is 0 Å². The lowest BCUT2D eigenvalue weighted by Crippen LogP contribution is -1.68. The van der Waals surface area contributed by atoms with Gasteiger partial charge in [-0.25, -0.2) is 0 Å². The third-order valence-electron chi connectivity index (χ3n) is 3.77. The largest absolute Gasteiger partial charge is 0.361 e. The Morgan fingerprint density at radius 2 is 1.45 bits per heavy atom. The monoisotopic (exact) mass is 285 g/mol. The van der Waals surface area contributed by atoms with E-state index >= 15 is 0 Å². The second-order valence-corrected chi connectivity index (χ2v) is 5.16. The van der Waals surface area contributed by atoms with E-state index in [1.807, 2.05) is 42.9 Å². The van der Waals surface area contributed by atoms with Crippen LogP contribution in [0.3, 0.4) is 0 Å². The van der Waals surface area contributed by atoms with E-state index in [2.05, 4.69) is 51.4 Å². The molecule has 0 unspecified atom stereocenters. The molecule has 3 heteroatoms. The third-order valence-corrected chi connectivity index (χ3v) is 3.77. The highest BCUT2D eigenvalue weighted by atomic mass is 14.7. The van der Waals surface area contributed by atoms with Crippen molar-refractivity contribution in [1.29, 1.82) is 0 Å². The van der Waals surface area contributed by atoms with Gasteiger partial charge in [0.05, 0.1) is 11.7 Å². The number of hydrogen-bond acceptors (Lipinski definition) is 1. The van der Waals surface area contributed by atoms with Gasteiger partial charge in [-0.05, 0) is 29.7 Å². The van der Waals surface area contributed by atoms with Crippen LogP contribution in [0.25, 0.3) is 32.7 Å². The van der Waals surface area contributed by atoms with E-state index in [9.17, 15) is 0 Å². The average Bonchev–Trinajstić information content (AvgIpc) is 3.19. The van der Waals surface area contributed by atoms with Gasteiger partial charge >= 0.3 is 0 Å². The summed E-state index contributed by atoms with van der Waals surface area (Å²) in [6, 6.07) is 20.6. The molecule has 0 aliphatic carbocycles. The van der Waals surface area contributed by atoms with E-state index in [0.717, 1.165) is 5.52 Å². The molecule has 0 spiro atoms. The van der Waals surface area contributed by atoms with Gasteiger partial charge in [0.2, 0.25) is 0 Å². The molecule has 3 nitrogen and oxygen atoms in total. The van der Waals surface area contributed by atoms with Gasteiger partial charge in [0.15, 0.2) is 0 Å². The van der Waals surface area contributed by atoms with E-state index in [1.54, 1.807) is 0 Å². The standard InChI is InChI=1S/C11H8N2.C8H7N/c1-2-4-10-8(3-1)9-5-6-12-7-11(9)13-10;1-2-4-8-7(3-1)5-6-9-8/h1-7,13H;1-6,9H. The fourth-order valence-corrected chi connectivity index (χ4v) is 2.70. The fraction of sp³-hybridized carbons (Fsp3) is 0. The number of fused-ring (bicyclic) bond motifs is 4. The van der Waals surface area contributed by atoms with Crippen molar-refractivity contribution >= 4 is 32.7 Å². The van der Waals surface area contributed by atoms with Crippen LogP contribution in [0.2, 0.25) is 0 Å². The summed E-state index contributed by atoms with van der Waals surface area (Å²) in [5, 5.41) is 3.78. The molecule has 0 bridgehead atoms. The van der Waals surface area contributed by atoms with Gasteiger partial charge in [0, 0.05) is 34.2 Å². The Bertz CT molecular complexity index is 960. The van der Waals surface area contributed by atoms with Crippen LogP contribution in [0.1, 0.15) is 0 Å². The number of aromatic amines is 2. The summed E-state index contributed by atoms with van der Waals surface area (Å²) in [6.45, 7) is 0. The van der Waals surface area contributed by atoms with E-state index in [4.69, 9.17) is 0 Å². The Kier molecular flexibility index (Phi) is 3.09. The zero-order valence-electron chi connectivity index (χ0n) is 12.0. The van der Waals surface area contributed by atoms with Crippen LogP contribution in [0.15, 0.2) is 79.3 Å². The van der Waals surface area contributed by atoms with Crippen LogP contribution in [0.4, 0.5) is 0 Å². The number of nitrogens with zero attached hydrogens (tertiary/aromatic N) is 1. The SMILES string of the molecule is c1ccc2[nH]ccc2c1.c1ccc2c(c1)[nH]c1cnccc12. The van der Waals surface area contributed by atoms with E-state index in [1.165, 1.54) is 27.2 Å². The summed E-state index contributed by atoms with van der Waals surface area (Å²) >= 11 is 0. The summed E-state index contributed by atoms with van der Waals surface area (Å²) in [5.74, 6) is 0. The molecular formula is C19H15N3.